The Bertz CT molecular complexity index is 796. The molecule has 0 unspecified atom stereocenters. The predicted molar refractivity (Wildman–Crippen MR) is 91.2 cm³/mol. The molecule has 24 heavy (non-hydrogen) atoms. The highest BCUT2D eigenvalue weighted by atomic mass is 19.1. The van der Waals surface area contributed by atoms with Gasteiger partial charge in [0.05, 0.1) is 0 Å². The van der Waals surface area contributed by atoms with Crippen LogP contribution in [0.2, 0.25) is 0 Å². The highest BCUT2D eigenvalue weighted by Gasteiger charge is 2.56. The highest BCUT2D eigenvalue weighted by Crippen LogP contribution is 2.47. The first-order valence-electron chi connectivity index (χ1n) is 7.86. The van der Waals surface area contributed by atoms with Crippen LogP contribution >= 0.6 is 0 Å². The van der Waals surface area contributed by atoms with Gasteiger partial charge in [-0.05, 0) is 68.1 Å². The van der Waals surface area contributed by atoms with E-state index in [1.54, 1.807) is 0 Å². The van der Waals surface area contributed by atoms with Crippen molar-refractivity contribution >= 4 is 23.2 Å². The van der Waals surface area contributed by atoms with Crippen LogP contribution in [0.1, 0.15) is 24.0 Å². The van der Waals surface area contributed by atoms with Gasteiger partial charge in [-0.3, -0.25) is 9.59 Å². The Labute approximate surface area is 140 Å². The summed E-state index contributed by atoms with van der Waals surface area (Å²) in [6.45, 7) is 3.86. The van der Waals surface area contributed by atoms with Crippen molar-refractivity contribution < 1.29 is 14.0 Å². The van der Waals surface area contributed by atoms with Crippen LogP contribution in [0.5, 0.6) is 0 Å². The fourth-order valence-electron chi connectivity index (χ4n) is 2.58. The van der Waals surface area contributed by atoms with Crippen molar-refractivity contribution in [3.63, 3.8) is 0 Å². The Balaban J connectivity index is 1.72. The summed E-state index contributed by atoms with van der Waals surface area (Å²) in [5.41, 5.74) is 2.15. The number of hydrogen-bond acceptors (Lipinski definition) is 2. The molecule has 5 heteroatoms. The second kappa shape index (κ2) is 6.07. The van der Waals surface area contributed by atoms with Gasteiger partial charge in [0, 0.05) is 11.4 Å². The smallest absolute Gasteiger partial charge is 0.240 e. The molecule has 2 N–H and O–H groups in total. The topological polar surface area (TPSA) is 58.2 Å². The maximum Gasteiger partial charge on any atom is 0.240 e. The van der Waals surface area contributed by atoms with Crippen molar-refractivity contribution in [1.82, 2.24) is 0 Å². The van der Waals surface area contributed by atoms with Gasteiger partial charge in [-0.25, -0.2) is 4.39 Å². The maximum atomic E-state index is 12.9. The van der Waals surface area contributed by atoms with E-state index >= 15 is 0 Å². The zero-order chi connectivity index (χ0) is 17.3. The van der Waals surface area contributed by atoms with Crippen molar-refractivity contribution in [2.75, 3.05) is 10.6 Å². The zero-order valence-electron chi connectivity index (χ0n) is 13.7. The monoisotopic (exact) mass is 326 g/mol. The lowest BCUT2D eigenvalue weighted by molar-refractivity contribution is -0.131. The minimum Gasteiger partial charge on any atom is -0.325 e. The molecule has 1 fully saturated rings. The Kier molecular flexibility index (Phi) is 4.09. The van der Waals surface area contributed by atoms with E-state index in [1.165, 1.54) is 24.3 Å². The first-order valence-corrected chi connectivity index (χ1v) is 7.86. The number of carbonyl (C=O) groups excluding carboxylic acids is 2. The molecule has 3 rings (SSSR count). The lowest BCUT2D eigenvalue weighted by atomic mass is 10.0. The van der Waals surface area contributed by atoms with Crippen LogP contribution in [0.15, 0.2) is 42.5 Å². The Morgan fingerprint density at radius 2 is 1.58 bits per heavy atom. The molecule has 1 aliphatic rings. The summed E-state index contributed by atoms with van der Waals surface area (Å²) in [6.07, 6.45) is 1.02. The molecule has 0 radical (unpaired) electrons. The summed E-state index contributed by atoms with van der Waals surface area (Å²) < 4.78 is 12.9. The molecule has 0 saturated heterocycles. The molecule has 0 atom stereocenters. The van der Waals surface area contributed by atoms with Crippen molar-refractivity contribution in [2.24, 2.45) is 5.41 Å². The van der Waals surface area contributed by atoms with Gasteiger partial charge in [-0.2, -0.15) is 0 Å². The van der Waals surface area contributed by atoms with E-state index in [2.05, 4.69) is 10.6 Å². The second-order valence-corrected chi connectivity index (χ2v) is 6.32. The Morgan fingerprint density at radius 3 is 2.21 bits per heavy atom. The summed E-state index contributed by atoms with van der Waals surface area (Å²) >= 11 is 0. The summed E-state index contributed by atoms with van der Waals surface area (Å²) in [5, 5.41) is 5.57. The zero-order valence-corrected chi connectivity index (χ0v) is 13.7. The SMILES string of the molecule is Cc1ccc(C)c(NC(=O)C2(C(=O)Nc3ccc(F)cc3)CC2)c1. The number of nitrogens with one attached hydrogen (secondary N) is 2. The summed E-state index contributed by atoms with van der Waals surface area (Å²) in [4.78, 5) is 25.1. The van der Waals surface area contributed by atoms with Gasteiger partial charge in [-0.1, -0.05) is 12.1 Å². The van der Waals surface area contributed by atoms with Gasteiger partial charge in [0.1, 0.15) is 11.2 Å². The standard InChI is InChI=1S/C19H19FN2O2/c1-12-3-4-13(2)16(11-12)22-18(24)19(9-10-19)17(23)21-15-7-5-14(20)6-8-15/h3-8,11H,9-10H2,1-2H3,(H,21,23)(H,22,24). The average Bonchev–Trinajstić information content (AvgIpc) is 3.35. The third-order valence-electron chi connectivity index (χ3n) is 4.36. The molecule has 1 saturated carbocycles. The molecular formula is C19H19FN2O2. The molecule has 2 aromatic carbocycles. The van der Waals surface area contributed by atoms with Crippen molar-refractivity contribution in [2.45, 2.75) is 26.7 Å². The van der Waals surface area contributed by atoms with Gasteiger partial charge in [0.25, 0.3) is 0 Å². The fourth-order valence-corrected chi connectivity index (χ4v) is 2.58. The van der Waals surface area contributed by atoms with E-state index in [9.17, 15) is 14.0 Å². The van der Waals surface area contributed by atoms with Crippen LogP contribution < -0.4 is 10.6 Å². The minimum atomic E-state index is -1.04. The lowest BCUT2D eigenvalue weighted by Gasteiger charge is -2.17. The molecule has 0 aliphatic heterocycles. The van der Waals surface area contributed by atoms with Crippen LogP contribution in [0.25, 0.3) is 0 Å². The van der Waals surface area contributed by atoms with Crippen molar-refractivity contribution in [3.8, 4) is 0 Å². The molecule has 1 aliphatic carbocycles. The van der Waals surface area contributed by atoms with E-state index in [0.717, 1.165) is 16.8 Å². The molecule has 4 nitrogen and oxygen atoms in total. The first-order chi connectivity index (χ1) is 11.4. The predicted octanol–water partition coefficient (Wildman–Crippen LogP) is 3.80. The van der Waals surface area contributed by atoms with Crippen LogP contribution in [0, 0.1) is 25.1 Å². The third kappa shape index (κ3) is 3.15. The number of aryl methyl sites for hydroxylation is 2. The Hall–Kier alpha value is -2.69. The number of benzene rings is 2. The molecule has 0 aromatic heterocycles. The number of anilines is 2. The minimum absolute atomic E-state index is 0.296. The largest absolute Gasteiger partial charge is 0.325 e. The molecule has 0 spiro atoms. The van der Waals surface area contributed by atoms with Crippen molar-refractivity contribution in [3.05, 3.63) is 59.4 Å². The molecular weight excluding hydrogens is 307 g/mol. The highest BCUT2D eigenvalue weighted by molar-refractivity contribution is 6.17. The number of carbonyl (C=O) groups is 2. The maximum absolute atomic E-state index is 12.9. The molecule has 2 amide bonds. The van der Waals surface area contributed by atoms with Gasteiger partial charge < -0.3 is 10.6 Å². The number of halogens is 1. The number of rotatable bonds is 4. The van der Waals surface area contributed by atoms with E-state index in [4.69, 9.17) is 0 Å². The normalized spacial score (nSPS) is 14.8. The summed E-state index contributed by atoms with van der Waals surface area (Å²) in [7, 11) is 0. The van der Waals surface area contributed by atoms with Crippen LogP contribution in [-0.2, 0) is 9.59 Å². The first kappa shape index (κ1) is 16.2. The summed E-state index contributed by atoms with van der Waals surface area (Å²) in [5.74, 6) is -1.02. The van der Waals surface area contributed by atoms with Crippen LogP contribution in [0.3, 0.4) is 0 Å². The Morgan fingerprint density at radius 1 is 0.958 bits per heavy atom. The molecule has 2 aromatic rings. The van der Waals surface area contributed by atoms with Crippen LogP contribution in [-0.4, -0.2) is 11.8 Å². The average molecular weight is 326 g/mol. The van der Waals surface area contributed by atoms with Gasteiger partial charge in [0.2, 0.25) is 11.8 Å². The number of hydrogen-bond donors (Lipinski definition) is 2. The fraction of sp³-hybridized carbons (Fsp3) is 0.263. The van der Waals surface area contributed by atoms with Gasteiger partial charge in [-0.15, -0.1) is 0 Å². The molecule has 124 valence electrons. The quantitative estimate of drug-likeness (QED) is 0.840. The van der Waals surface area contributed by atoms with Gasteiger partial charge >= 0.3 is 0 Å². The van der Waals surface area contributed by atoms with E-state index in [-0.39, 0.29) is 17.6 Å². The lowest BCUT2D eigenvalue weighted by Crippen LogP contribution is -2.35. The molecule has 0 bridgehead atoms. The second-order valence-electron chi connectivity index (χ2n) is 6.32. The summed E-state index contributed by atoms with van der Waals surface area (Å²) in [6, 6.07) is 11.3. The van der Waals surface area contributed by atoms with Gasteiger partial charge in [0.15, 0.2) is 0 Å². The van der Waals surface area contributed by atoms with Crippen LogP contribution in [0.4, 0.5) is 15.8 Å². The number of amides is 2. The van der Waals surface area contributed by atoms with E-state index in [1.807, 2.05) is 32.0 Å². The molecule has 0 heterocycles. The van der Waals surface area contributed by atoms with Crippen molar-refractivity contribution in [1.29, 1.82) is 0 Å². The van der Waals surface area contributed by atoms with E-state index < -0.39 is 5.41 Å². The third-order valence-corrected chi connectivity index (χ3v) is 4.36. The van der Waals surface area contributed by atoms with E-state index in [0.29, 0.717) is 18.5 Å².